The molecule has 22 heavy (non-hydrogen) atoms. The summed E-state index contributed by atoms with van der Waals surface area (Å²) in [5, 5.41) is 0. The van der Waals surface area contributed by atoms with Gasteiger partial charge in [0.05, 0.1) is 0 Å². The summed E-state index contributed by atoms with van der Waals surface area (Å²) in [5.74, 6) is 0. The van der Waals surface area contributed by atoms with E-state index in [0.717, 1.165) is 12.8 Å². The molecule has 5 rings (SSSR count). The summed E-state index contributed by atoms with van der Waals surface area (Å²) in [6, 6.07) is 22.2. The molecule has 0 radical (unpaired) electrons. The molecule has 0 saturated carbocycles. The van der Waals surface area contributed by atoms with Crippen molar-refractivity contribution in [2.75, 3.05) is 11.9 Å². The van der Waals surface area contributed by atoms with Crippen molar-refractivity contribution in [1.29, 1.82) is 0 Å². The molecular weight excluding hydrogens is 266 g/mol. The van der Waals surface area contributed by atoms with Gasteiger partial charge < -0.3 is 4.90 Å². The topological polar surface area (TPSA) is 3.24 Å². The van der Waals surface area contributed by atoms with Gasteiger partial charge in [0, 0.05) is 24.8 Å². The highest BCUT2D eigenvalue weighted by molar-refractivity contribution is 5.84. The average Bonchev–Trinajstić information content (AvgIpc) is 2.94. The number of hydrogen-bond acceptors (Lipinski definition) is 1. The molecule has 0 spiro atoms. The zero-order valence-electron chi connectivity index (χ0n) is 12.6. The molecular formula is C21H17N. The molecule has 0 atom stereocenters. The fourth-order valence-electron chi connectivity index (χ4n) is 4.08. The lowest BCUT2D eigenvalue weighted by molar-refractivity contribution is 1.03. The van der Waals surface area contributed by atoms with Gasteiger partial charge in [-0.2, -0.15) is 0 Å². The summed E-state index contributed by atoms with van der Waals surface area (Å²) in [5.41, 5.74) is 11.5. The summed E-state index contributed by atoms with van der Waals surface area (Å²) < 4.78 is 0. The molecule has 0 unspecified atom stereocenters. The van der Waals surface area contributed by atoms with E-state index >= 15 is 0 Å². The van der Waals surface area contributed by atoms with Gasteiger partial charge in [-0.25, -0.2) is 0 Å². The molecule has 1 nitrogen and oxygen atoms in total. The van der Waals surface area contributed by atoms with Crippen LogP contribution >= 0.6 is 0 Å². The van der Waals surface area contributed by atoms with Gasteiger partial charge in [-0.3, -0.25) is 0 Å². The number of para-hydroxylation sites is 1. The molecule has 0 fully saturated rings. The van der Waals surface area contributed by atoms with Crippen LogP contribution in [-0.2, 0) is 12.8 Å². The highest BCUT2D eigenvalue weighted by Gasteiger charge is 2.27. The molecule has 1 heterocycles. The summed E-state index contributed by atoms with van der Waals surface area (Å²) in [6.45, 7) is 0. The second-order valence-corrected chi connectivity index (χ2v) is 6.29. The predicted octanol–water partition coefficient (Wildman–Crippen LogP) is 4.93. The molecule has 1 aliphatic heterocycles. The number of fused-ring (bicyclic) bond motifs is 6. The Balaban J connectivity index is 1.74. The predicted molar refractivity (Wildman–Crippen MR) is 92.0 cm³/mol. The van der Waals surface area contributed by atoms with E-state index in [0.29, 0.717) is 0 Å². The van der Waals surface area contributed by atoms with E-state index in [2.05, 4.69) is 72.6 Å². The molecule has 3 aromatic carbocycles. The van der Waals surface area contributed by atoms with Crippen LogP contribution in [0.2, 0.25) is 0 Å². The van der Waals surface area contributed by atoms with Crippen LogP contribution in [0.25, 0.3) is 11.1 Å². The molecule has 0 N–H and O–H groups in total. The number of benzene rings is 3. The highest BCUT2D eigenvalue weighted by Crippen LogP contribution is 2.46. The smallest absolute Gasteiger partial charge is 0.0447 e. The Morgan fingerprint density at radius 2 is 1.36 bits per heavy atom. The Labute approximate surface area is 130 Å². The van der Waals surface area contributed by atoms with Crippen LogP contribution in [0, 0.1) is 0 Å². The maximum atomic E-state index is 2.34. The largest absolute Gasteiger partial charge is 0.344 e. The van der Waals surface area contributed by atoms with Crippen LogP contribution < -0.4 is 4.90 Å². The molecule has 3 aromatic rings. The van der Waals surface area contributed by atoms with Gasteiger partial charge in [0.1, 0.15) is 0 Å². The second kappa shape index (κ2) is 4.23. The molecule has 0 aromatic heterocycles. The molecule has 1 heteroatoms. The lowest BCUT2D eigenvalue weighted by Crippen LogP contribution is -2.19. The standard InChI is InChI=1S/C21H17N/c1-22-20-9-5-3-7-15(20)13-19-18-12-14-6-2-4-8-16(14)17(18)10-11-21(19)22/h2-11H,12-13H2,1H3. The normalized spacial score (nSPS) is 14.1. The van der Waals surface area contributed by atoms with Crippen LogP contribution in [0.3, 0.4) is 0 Å². The van der Waals surface area contributed by atoms with Crippen molar-refractivity contribution < 1.29 is 0 Å². The molecule has 2 aliphatic rings. The third kappa shape index (κ3) is 1.48. The first-order valence-corrected chi connectivity index (χ1v) is 7.87. The van der Waals surface area contributed by atoms with E-state index in [1.165, 1.54) is 44.8 Å². The number of hydrogen-bond donors (Lipinski definition) is 0. The zero-order valence-corrected chi connectivity index (χ0v) is 12.6. The van der Waals surface area contributed by atoms with Crippen LogP contribution in [0.1, 0.15) is 22.3 Å². The average molecular weight is 283 g/mol. The second-order valence-electron chi connectivity index (χ2n) is 6.29. The van der Waals surface area contributed by atoms with Crippen molar-refractivity contribution in [3.63, 3.8) is 0 Å². The van der Waals surface area contributed by atoms with Gasteiger partial charge in [-0.1, -0.05) is 48.5 Å². The molecule has 0 amide bonds. The fourth-order valence-corrected chi connectivity index (χ4v) is 4.08. The minimum atomic E-state index is 1.05. The van der Waals surface area contributed by atoms with Gasteiger partial charge in [-0.15, -0.1) is 0 Å². The first kappa shape index (κ1) is 12.0. The quantitative estimate of drug-likeness (QED) is 0.442. The van der Waals surface area contributed by atoms with Gasteiger partial charge >= 0.3 is 0 Å². The lowest BCUT2D eigenvalue weighted by Gasteiger charge is -2.31. The molecule has 1 aliphatic carbocycles. The minimum absolute atomic E-state index is 1.05. The molecule has 0 bridgehead atoms. The van der Waals surface area contributed by atoms with Crippen molar-refractivity contribution in [2.24, 2.45) is 0 Å². The highest BCUT2D eigenvalue weighted by atomic mass is 15.1. The van der Waals surface area contributed by atoms with Crippen LogP contribution in [0.15, 0.2) is 60.7 Å². The van der Waals surface area contributed by atoms with Crippen molar-refractivity contribution in [1.82, 2.24) is 0 Å². The zero-order chi connectivity index (χ0) is 14.7. The Hall–Kier alpha value is -2.54. The van der Waals surface area contributed by atoms with E-state index < -0.39 is 0 Å². The van der Waals surface area contributed by atoms with Crippen molar-refractivity contribution in [2.45, 2.75) is 12.8 Å². The maximum Gasteiger partial charge on any atom is 0.0447 e. The Bertz CT molecular complexity index is 908. The van der Waals surface area contributed by atoms with E-state index in [1.54, 1.807) is 0 Å². The van der Waals surface area contributed by atoms with E-state index in [-0.39, 0.29) is 0 Å². The van der Waals surface area contributed by atoms with E-state index in [4.69, 9.17) is 0 Å². The van der Waals surface area contributed by atoms with Crippen molar-refractivity contribution in [3.05, 3.63) is 82.9 Å². The fraction of sp³-hybridized carbons (Fsp3) is 0.143. The number of nitrogens with zero attached hydrogens (tertiary/aromatic N) is 1. The van der Waals surface area contributed by atoms with Gasteiger partial charge in [0.2, 0.25) is 0 Å². The maximum absolute atomic E-state index is 2.34. The van der Waals surface area contributed by atoms with Gasteiger partial charge in [0.25, 0.3) is 0 Å². The van der Waals surface area contributed by atoms with Crippen LogP contribution in [-0.4, -0.2) is 7.05 Å². The number of anilines is 2. The van der Waals surface area contributed by atoms with Crippen LogP contribution in [0.4, 0.5) is 11.4 Å². The van der Waals surface area contributed by atoms with Crippen molar-refractivity contribution in [3.8, 4) is 11.1 Å². The molecule has 106 valence electrons. The third-order valence-electron chi connectivity index (χ3n) is 5.16. The Kier molecular flexibility index (Phi) is 2.32. The first-order valence-electron chi connectivity index (χ1n) is 7.87. The van der Waals surface area contributed by atoms with Crippen LogP contribution in [0.5, 0.6) is 0 Å². The summed E-state index contributed by atoms with van der Waals surface area (Å²) >= 11 is 0. The summed E-state index contributed by atoms with van der Waals surface area (Å²) in [7, 11) is 2.19. The first-order chi connectivity index (χ1) is 10.8. The Morgan fingerprint density at radius 1 is 0.636 bits per heavy atom. The monoisotopic (exact) mass is 283 g/mol. The Morgan fingerprint density at radius 3 is 2.27 bits per heavy atom. The van der Waals surface area contributed by atoms with Gasteiger partial charge in [-0.05, 0) is 51.9 Å². The molecule has 0 saturated heterocycles. The minimum Gasteiger partial charge on any atom is -0.344 e. The summed E-state index contributed by atoms with van der Waals surface area (Å²) in [4.78, 5) is 2.34. The van der Waals surface area contributed by atoms with E-state index in [1.807, 2.05) is 0 Å². The SMILES string of the molecule is CN1c2ccccc2Cc2c1ccc1c2Cc2ccccc2-1. The summed E-state index contributed by atoms with van der Waals surface area (Å²) in [6.07, 6.45) is 2.12. The van der Waals surface area contributed by atoms with Crippen molar-refractivity contribution >= 4 is 11.4 Å². The lowest BCUT2D eigenvalue weighted by atomic mass is 9.90. The third-order valence-corrected chi connectivity index (χ3v) is 5.16. The van der Waals surface area contributed by atoms with E-state index in [9.17, 15) is 0 Å². The number of rotatable bonds is 0. The van der Waals surface area contributed by atoms with Gasteiger partial charge in [0.15, 0.2) is 0 Å².